The molecule has 0 atom stereocenters. The van der Waals surface area contributed by atoms with Crippen molar-refractivity contribution in [3.05, 3.63) is 101 Å². The van der Waals surface area contributed by atoms with E-state index in [0.29, 0.717) is 25.3 Å². The summed E-state index contributed by atoms with van der Waals surface area (Å²) in [5.41, 5.74) is 4.42. The molecule has 6 heteroatoms. The summed E-state index contributed by atoms with van der Waals surface area (Å²) in [6.45, 7) is 1.53. The van der Waals surface area contributed by atoms with E-state index in [1.54, 1.807) is 29.3 Å². The van der Waals surface area contributed by atoms with Crippen LogP contribution in [0.3, 0.4) is 0 Å². The molecule has 162 valence electrons. The maximum atomic E-state index is 12.7. The second-order valence-electron chi connectivity index (χ2n) is 7.50. The van der Waals surface area contributed by atoms with Gasteiger partial charge in [-0.1, -0.05) is 24.3 Å². The van der Waals surface area contributed by atoms with Crippen LogP contribution in [-0.2, 0) is 29.1 Å². The summed E-state index contributed by atoms with van der Waals surface area (Å²) >= 11 is 0. The van der Waals surface area contributed by atoms with Gasteiger partial charge in [-0.25, -0.2) is 4.79 Å². The minimum atomic E-state index is -0.372. The SMILES string of the molecule is COC(=O)c1ccc2c(c1)CN(C(=O)/C=C/c1ccc(OCc3ccccn3)cc1)CC2. The van der Waals surface area contributed by atoms with E-state index in [1.807, 2.05) is 54.6 Å². The Morgan fingerprint density at radius 3 is 2.66 bits per heavy atom. The lowest BCUT2D eigenvalue weighted by molar-refractivity contribution is -0.126. The van der Waals surface area contributed by atoms with Crippen LogP contribution in [0.2, 0.25) is 0 Å². The molecule has 1 amide bonds. The quantitative estimate of drug-likeness (QED) is 0.438. The van der Waals surface area contributed by atoms with Gasteiger partial charge in [-0.05, 0) is 65.6 Å². The number of fused-ring (bicyclic) bond motifs is 1. The van der Waals surface area contributed by atoms with E-state index in [9.17, 15) is 9.59 Å². The van der Waals surface area contributed by atoms with Crippen LogP contribution in [0.25, 0.3) is 6.08 Å². The molecule has 0 bridgehead atoms. The van der Waals surface area contributed by atoms with E-state index in [2.05, 4.69) is 4.98 Å². The van der Waals surface area contributed by atoms with Crippen LogP contribution in [0, 0.1) is 0 Å². The first kappa shape index (κ1) is 21.3. The van der Waals surface area contributed by atoms with Crippen molar-refractivity contribution in [1.82, 2.24) is 9.88 Å². The van der Waals surface area contributed by atoms with Gasteiger partial charge in [-0.2, -0.15) is 0 Å². The lowest BCUT2D eigenvalue weighted by atomic mass is 9.97. The molecule has 1 aliphatic rings. The highest BCUT2D eigenvalue weighted by Crippen LogP contribution is 2.21. The molecule has 0 saturated heterocycles. The van der Waals surface area contributed by atoms with Crippen molar-refractivity contribution in [3.63, 3.8) is 0 Å². The molecule has 0 N–H and O–H groups in total. The molecule has 0 saturated carbocycles. The van der Waals surface area contributed by atoms with Gasteiger partial charge in [0.1, 0.15) is 12.4 Å². The maximum Gasteiger partial charge on any atom is 0.337 e. The number of methoxy groups -OCH3 is 1. The zero-order valence-electron chi connectivity index (χ0n) is 17.9. The first-order chi connectivity index (χ1) is 15.6. The summed E-state index contributed by atoms with van der Waals surface area (Å²) < 4.78 is 10.5. The van der Waals surface area contributed by atoms with Crippen LogP contribution in [0.4, 0.5) is 0 Å². The summed E-state index contributed by atoms with van der Waals surface area (Å²) in [7, 11) is 1.36. The first-order valence-corrected chi connectivity index (χ1v) is 10.4. The molecule has 1 aromatic heterocycles. The highest BCUT2D eigenvalue weighted by molar-refractivity contribution is 5.92. The number of carbonyl (C=O) groups is 2. The number of amides is 1. The number of rotatable bonds is 6. The molecule has 0 aliphatic carbocycles. The predicted molar refractivity (Wildman–Crippen MR) is 121 cm³/mol. The Bertz CT molecular complexity index is 1120. The average Bonchev–Trinajstić information content (AvgIpc) is 2.86. The molecule has 32 heavy (non-hydrogen) atoms. The van der Waals surface area contributed by atoms with Gasteiger partial charge in [0.25, 0.3) is 0 Å². The van der Waals surface area contributed by atoms with Crippen molar-refractivity contribution in [3.8, 4) is 5.75 Å². The number of aromatic nitrogens is 1. The van der Waals surface area contributed by atoms with Crippen LogP contribution in [-0.4, -0.2) is 35.4 Å². The van der Waals surface area contributed by atoms with E-state index < -0.39 is 0 Å². The maximum absolute atomic E-state index is 12.7. The number of nitrogens with zero attached hydrogens (tertiary/aromatic N) is 2. The third-order valence-corrected chi connectivity index (χ3v) is 5.36. The second kappa shape index (κ2) is 9.92. The number of pyridine rings is 1. The number of benzene rings is 2. The van der Waals surface area contributed by atoms with Gasteiger partial charge >= 0.3 is 5.97 Å². The number of hydrogen-bond acceptors (Lipinski definition) is 5. The van der Waals surface area contributed by atoms with Crippen LogP contribution < -0.4 is 4.74 Å². The number of esters is 1. The van der Waals surface area contributed by atoms with Gasteiger partial charge in [-0.15, -0.1) is 0 Å². The Morgan fingerprint density at radius 1 is 1.06 bits per heavy atom. The number of hydrogen-bond donors (Lipinski definition) is 0. The Morgan fingerprint density at radius 2 is 1.91 bits per heavy atom. The molecular formula is C26H24N2O4. The molecular weight excluding hydrogens is 404 g/mol. The van der Waals surface area contributed by atoms with Crippen molar-refractivity contribution in [2.45, 2.75) is 19.6 Å². The summed E-state index contributed by atoms with van der Waals surface area (Å²) in [6, 6.07) is 18.8. The monoisotopic (exact) mass is 428 g/mol. The Labute approximate surface area is 187 Å². The summed E-state index contributed by atoms with van der Waals surface area (Å²) in [5, 5.41) is 0. The topological polar surface area (TPSA) is 68.7 Å². The van der Waals surface area contributed by atoms with Gasteiger partial charge in [0.15, 0.2) is 0 Å². The normalized spacial score (nSPS) is 13.0. The van der Waals surface area contributed by atoms with Gasteiger partial charge < -0.3 is 14.4 Å². The van der Waals surface area contributed by atoms with Crippen LogP contribution >= 0.6 is 0 Å². The largest absolute Gasteiger partial charge is 0.487 e. The van der Waals surface area contributed by atoms with Gasteiger partial charge in [0.05, 0.1) is 18.4 Å². The number of carbonyl (C=O) groups excluding carboxylic acids is 2. The zero-order chi connectivity index (χ0) is 22.3. The zero-order valence-corrected chi connectivity index (χ0v) is 17.9. The molecule has 6 nitrogen and oxygen atoms in total. The van der Waals surface area contributed by atoms with Gasteiger partial charge in [-0.3, -0.25) is 9.78 Å². The highest BCUT2D eigenvalue weighted by atomic mass is 16.5. The first-order valence-electron chi connectivity index (χ1n) is 10.4. The minimum absolute atomic E-state index is 0.0606. The van der Waals surface area contributed by atoms with Crippen molar-refractivity contribution in [1.29, 1.82) is 0 Å². The smallest absolute Gasteiger partial charge is 0.337 e. The van der Waals surface area contributed by atoms with E-state index in [1.165, 1.54) is 7.11 Å². The summed E-state index contributed by atoms with van der Waals surface area (Å²) in [5.74, 6) is 0.311. The van der Waals surface area contributed by atoms with E-state index in [4.69, 9.17) is 9.47 Å². The van der Waals surface area contributed by atoms with Gasteiger partial charge in [0, 0.05) is 25.4 Å². The summed E-state index contributed by atoms with van der Waals surface area (Å²) in [6.07, 6.45) is 5.88. The predicted octanol–water partition coefficient (Wildman–Crippen LogP) is 4.05. The molecule has 0 unspecified atom stereocenters. The van der Waals surface area contributed by atoms with Crippen LogP contribution in [0.5, 0.6) is 5.75 Å². The average molecular weight is 428 g/mol. The fourth-order valence-electron chi connectivity index (χ4n) is 3.58. The fourth-order valence-corrected chi connectivity index (χ4v) is 3.58. The van der Waals surface area contributed by atoms with Crippen LogP contribution in [0.1, 0.15) is 32.7 Å². The molecule has 0 spiro atoms. The molecule has 3 aromatic rings. The lowest BCUT2D eigenvalue weighted by Gasteiger charge is -2.28. The minimum Gasteiger partial charge on any atom is -0.487 e. The molecule has 0 fully saturated rings. The van der Waals surface area contributed by atoms with Crippen molar-refractivity contribution >= 4 is 18.0 Å². The molecule has 2 aromatic carbocycles. The van der Waals surface area contributed by atoms with Crippen molar-refractivity contribution in [2.24, 2.45) is 0 Å². The van der Waals surface area contributed by atoms with Crippen molar-refractivity contribution in [2.75, 3.05) is 13.7 Å². The van der Waals surface area contributed by atoms with Gasteiger partial charge in [0.2, 0.25) is 5.91 Å². The second-order valence-corrected chi connectivity index (χ2v) is 7.50. The third-order valence-electron chi connectivity index (χ3n) is 5.36. The molecule has 2 heterocycles. The lowest BCUT2D eigenvalue weighted by Crippen LogP contribution is -2.34. The standard InChI is InChI=1S/C26H24N2O4/c1-31-26(30)21-9-8-20-13-15-28(17-22(20)16-21)25(29)12-7-19-5-10-24(11-6-19)32-18-23-4-2-3-14-27-23/h2-12,14,16H,13,15,17-18H2,1H3/b12-7+. The molecule has 1 aliphatic heterocycles. The van der Waals surface area contributed by atoms with Crippen molar-refractivity contribution < 1.29 is 19.1 Å². The Kier molecular flexibility index (Phi) is 6.60. The van der Waals surface area contributed by atoms with E-state index >= 15 is 0 Å². The fraction of sp³-hybridized carbons (Fsp3) is 0.192. The third kappa shape index (κ3) is 5.21. The number of ether oxygens (including phenoxy) is 2. The molecule has 0 radical (unpaired) electrons. The Balaban J connectivity index is 1.34. The highest BCUT2D eigenvalue weighted by Gasteiger charge is 2.20. The molecule has 4 rings (SSSR count). The van der Waals surface area contributed by atoms with Crippen LogP contribution in [0.15, 0.2) is 72.9 Å². The summed E-state index contributed by atoms with van der Waals surface area (Å²) in [4.78, 5) is 30.5. The Hall–Kier alpha value is -3.93. The van der Waals surface area contributed by atoms with E-state index in [-0.39, 0.29) is 11.9 Å². The van der Waals surface area contributed by atoms with E-state index in [0.717, 1.165) is 34.6 Å².